The Kier molecular flexibility index (Phi) is 4.04. The highest BCUT2D eigenvalue weighted by atomic mass is 16.5. The highest BCUT2D eigenvalue weighted by Gasteiger charge is 2.28. The zero-order chi connectivity index (χ0) is 14.7. The van der Waals surface area contributed by atoms with Gasteiger partial charge in [0.1, 0.15) is 0 Å². The lowest BCUT2D eigenvalue weighted by molar-refractivity contribution is -0.145. The van der Waals surface area contributed by atoms with E-state index in [2.05, 4.69) is 4.98 Å². The predicted molar refractivity (Wildman–Crippen MR) is 80.1 cm³/mol. The lowest BCUT2D eigenvalue weighted by Crippen LogP contribution is -2.25. The van der Waals surface area contributed by atoms with Gasteiger partial charge in [-0.2, -0.15) is 0 Å². The molecular weight excluding hydrogens is 264 g/mol. The van der Waals surface area contributed by atoms with E-state index in [9.17, 15) is 4.79 Å². The molecule has 4 nitrogen and oxygen atoms in total. The molecule has 0 fully saturated rings. The van der Waals surface area contributed by atoms with Gasteiger partial charge in [0.2, 0.25) is 0 Å². The number of aryl methyl sites for hydroxylation is 1. The molecule has 1 aromatic carbocycles. The second kappa shape index (κ2) is 6.12. The largest absolute Gasteiger partial charge is 0.464 e. The van der Waals surface area contributed by atoms with Crippen molar-refractivity contribution in [3.63, 3.8) is 0 Å². The Bertz CT molecular complexity index is 619. The third-order valence-corrected chi connectivity index (χ3v) is 3.96. The summed E-state index contributed by atoms with van der Waals surface area (Å²) in [4.78, 5) is 17.0. The number of benzene rings is 1. The molecule has 0 bridgehead atoms. The number of carbonyl (C=O) groups excluding carboxylic acids is 1. The number of fused-ring (bicyclic) bond motifs is 1. The molecule has 1 aliphatic carbocycles. The van der Waals surface area contributed by atoms with Crippen molar-refractivity contribution >= 4 is 5.97 Å². The topological polar surface area (TPSA) is 44.1 Å². The fourth-order valence-electron chi connectivity index (χ4n) is 2.98. The van der Waals surface area contributed by atoms with Gasteiger partial charge in [-0.15, -0.1) is 0 Å². The van der Waals surface area contributed by atoms with E-state index in [1.165, 1.54) is 12.1 Å². The SMILES string of the molecule is CCOC(=O)C(c1ccccc1)n1cnc2c1CCCC2. The first-order valence-electron chi connectivity index (χ1n) is 7.57. The number of aromatic nitrogens is 2. The molecule has 110 valence electrons. The third-order valence-electron chi connectivity index (χ3n) is 3.96. The third kappa shape index (κ3) is 2.71. The van der Waals surface area contributed by atoms with Gasteiger partial charge in [-0.25, -0.2) is 9.78 Å². The second-order valence-corrected chi connectivity index (χ2v) is 5.32. The first-order chi connectivity index (χ1) is 10.3. The molecule has 1 atom stereocenters. The van der Waals surface area contributed by atoms with Gasteiger partial charge in [0, 0.05) is 5.69 Å². The van der Waals surface area contributed by atoms with Crippen molar-refractivity contribution in [2.75, 3.05) is 6.61 Å². The summed E-state index contributed by atoms with van der Waals surface area (Å²) < 4.78 is 7.29. The molecule has 1 aliphatic rings. The maximum absolute atomic E-state index is 12.5. The van der Waals surface area contributed by atoms with Gasteiger partial charge in [0.15, 0.2) is 6.04 Å². The van der Waals surface area contributed by atoms with Gasteiger partial charge in [0.05, 0.1) is 18.6 Å². The summed E-state index contributed by atoms with van der Waals surface area (Å²) in [6.07, 6.45) is 6.12. The summed E-state index contributed by atoms with van der Waals surface area (Å²) in [6, 6.07) is 9.36. The lowest BCUT2D eigenvalue weighted by Gasteiger charge is -2.21. The number of hydrogen-bond acceptors (Lipinski definition) is 3. The van der Waals surface area contributed by atoms with Crippen LogP contribution in [0.2, 0.25) is 0 Å². The molecule has 0 saturated carbocycles. The van der Waals surface area contributed by atoms with Crippen molar-refractivity contribution in [1.29, 1.82) is 0 Å². The molecule has 0 aliphatic heterocycles. The van der Waals surface area contributed by atoms with Crippen molar-refractivity contribution in [3.8, 4) is 0 Å². The number of carbonyl (C=O) groups is 1. The number of imidazole rings is 1. The molecule has 0 radical (unpaired) electrons. The standard InChI is InChI=1S/C17H20N2O2/c1-2-21-17(20)16(13-8-4-3-5-9-13)19-12-18-14-10-6-7-11-15(14)19/h3-5,8-9,12,16H,2,6-7,10-11H2,1H3. The number of nitrogens with zero attached hydrogens (tertiary/aromatic N) is 2. The van der Waals surface area contributed by atoms with Crippen LogP contribution in [0.15, 0.2) is 36.7 Å². The molecular formula is C17H20N2O2. The van der Waals surface area contributed by atoms with Gasteiger partial charge < -0.3 is 9.30 Å². The summed E-state index contributed by atoms with van der Waals surface area (Å²) in [5.74, 6) is -0.213. The van der Waals surface area contributed by atoms with Gasteiger partial charge in [-0.05, 0) is 38.2 Å². The van der Waals surface area contributed by atoms with Crippen LogP contribution in [0.5, 0.6) is 0 Å². The smallest absolute Gasteiger partial charge is 0.333 e. The highest BCUT2D eigenvalue weighted by Crippen LogP contribution is 2.27. The van der Waals surface area contributed by atoms with E-state index in [-0.39, 0.29) is 5.97 Å². The maximum Gasteiger partial charge on any atom is 0.333 e. The van der Waals surface area contributed by atoms with Crippen molar-refractivity contribution < 1.29 is 9.53 Å². The normalized spacial score (nSPS) is 15.3. The van der Waals surface area contributed by atoms with Crippen LogP contribution in [0.25, 0.3) is 0 Å². The van der Waals surface area contributed by atoms with Crippen LogP contribution in [0.1, 0.15) is 42.8 Å². The summed E-state index contributed by atoms with van der Waals surface area (Å²) in [6.45, 7) is 2.22. The molecule has 0 spiro atoms. The fraction of sp³-hybridized carbons (Fsp3) is 0.412. The van der Waals surface area contributed by atoms with Crippen LogP contribution in [-0.2, 0) is 22.4 Å². The Morgan fingerprint density at radius 3 is 2.81 bits per heavy atom. The van der Waals surface area contributed by atoms with Crippen LogP contribution in [-0.4, -0.2) is 22.1 Å². The van der Waals surface area contributed by atoms with Gasteiger partial charge >= 0.3 is 5.97 Å². The Morgan fingerprint density at radius 1 is 1.29 bits per heavy atom. The molecule has 0 N–H and O–H groups in total. The Balaban J connectivity index is 2.03. The maximum atomic E-state index is 12.5. The molecule has 3 rings (SSSR count). The molecule has 4 heteroatoms. The molecule has 2 aromatic rings. The summed E-state index contributed by atoms with van der Waals surface area (Å²) in [5.41, 5.74) is 3.26. The average Bonchev–Trinajstić information content (AvgIpc) is 2.93. The Labute approximate surface area is 124 Å². The van der Waals surface area contributed by atoms with Crippen LogP contribution in [0, 0.1) is 0 Å². The van der Waals surface area contributed by atoms with Crippen LogP contribution in [0.3, 0.4) is 0 Å². The molecule has 0 amide bonds. The number of hydrogen-bond donors (Lipinski definition) is 0. The van der Waals surface area contributed by atoms with Crippen molar-refractivity contribution in [1.82, 2.24) is 9.55 Å². The van der Waals surface area contributed by atoms with Crippen LogP contribution in [0.4, 0.5) is 0 Å². The van der Waals surface area contributed by atoms with E-state index < -0.39 is 6.04 Å². The number of esters is 1. The molecule has 0 saturated heterocycles. The lowest BCUT2D eigenvalue weighted by atomic mass is 9.99. The minimum atomic E-state index is -0.430. The van der Waals surface area contributed by atoms with E-state index in [0.717, 1.165) is 30.5 Å². The highest BCUT2D eigenvalue weighted by molar-refractivity contribution is 5.78. The minimum Gasteiger partial charge on any atom is -0.464 e. The fourth-order valence-corrected chi connectivity index (χ4v) is 2.98. The van der Waals surface area contributed by atoms with E-state index in [0.29, 0.717) is 6.61 Å². The van der Waals surface area contributed by atoms with Gasteiger partial charge in [0.25, 0.3) is 0 Å². The Morgan fingerprint density at radius 2 is 2.05 bits per heavy atom. The minimum absolute atomic E-state index is 0.213. The Hall–Kier alpha value is -2.10. The van der Waals surface area contributed by atoms with Crippen molar-refractivity contribution in [2.45, 2.75) is 38.6 Å². The zero-order valence-corrected chi connectivity index (χ0v) is 12.3. The quantitative estimate of drug-likeness (QED) is 0.811. The molecule has 1 unspecified atom stereocenters. The number of rotatable bonds is 4. The second-order valence-electron chi connectivity index (χ2n) is 5.32. The molecule has 1 aromatic heterocycles. The summed E-state index contributed by atoms with van der Waals surface area (Å²) >= 11 is 0. The summed E-state index contributed by atoms with van der Waals surface area (Å²) in [7, 11) is 0. The number of ether oxygens (including phenoxy) is 1. The van der Waals surface area contributed by atoms with Gasteiger partial charge in [-0.3, -0.25) is 0 Å². The zero-order valence-electron chi connectivity index (χ0n) is 12.3. The summed E-state index contributed by atoms with van der Waals surface area (Å²) in [5, 5.41) is 0. The van der Waals surface area contributed by atoms with Gasteiger partial charge in [-0.1, -0.05) is 30.3 Å². The van der Waals surface area contributed by atoms with Crippen LogP contribution < -0.4 is 0 Å². The van der Waals surface area contributed by atoms with E-state index in [1.807, 2.05) is 41.8 Å². The van der Waals surface area contributed by atoms with Crippen molar-refractivity contribution in [3.05, 3.63) is 53.6 Å². The van der Waals surface area contributed by atoms with Crippen molar-refractivity contribution in [2.24, 2.45) is 0 Å². The monoisotopic (exact) mass is 284 g/mol. The predicted octanol–water partition coefficient (Wildman–Crippen LogP) is 2.91. The molecule has 21 heavy (non-hydrogen) atoms. The average molecular weight is 284 g/mol. The van der Waals surface area contributed by atoms with E-state index in [1.54, 1.807) is 6.33 Å². The van der Waals surface area contributed by atoms with E-state index >= 15 is 0 Å². The van der Waals surface area contributed by atoms with E-state index in [4.69, 9.17) is 4.74 Å². The first kappa shape index (κ1) is 13.9. The van der Waals surface area contributed by atoms with Crippen LogP contribution >= 0.6 is 0 Å². The molecule has 1 heterocycles. The first-order valence-corrected chi connectivity index (χ1v) is 7.57.